The summed E-state index contributed by atoms with van der Waals surface area (Å²) in [5.41, 5.74) is 1.85. The number of nitrogens with zero attached hydrogens (tertiary/aromatic N) is 1. The molecule has 1 heterocycles. The minimum atomic E-state index is 0.105. The lowest BCUT2D eigenvalue weighted by atomic mass is 10.1. The van der Waals surface area contributed by atoms with E-state index >= 15 is 0 Å². The molecule has 1 aromatic heterocycles. The second-order valence-corrected chi connectivity index (χ2v) is 4.13. The van der Waals surface area contributed by atoms with E-state index in [2.05, 4.69) is 15.9 Å². The van der Waals surface area contributed by atoms with Gasteiger partial charge in [-0.25, -0.2) is 0 Å². The van der Waals surface area contributed by atoms with Gasteiger partial charge in [0.2, 0.25) is 0 Å². The topological polar surface area (TPSA) is 22.0 Å². The van der Waals surface area contributed by atoms with Gasteiger partial charge in [-0.05, 0) is 35.0 Å². The Morgan fingerprint density at radius 2 is 2.14 bits per heavy atom. The van der Waals surface area contributed by atoms with E-state index in [1.165, 1.54) is 0 Å². The zero-order valence-corrected chi connectivity index (χ0v) is 9.63. The first-order valence-electron chi connectivity index (χ1n) is 4.36. The van der Waals surface area contributed by atoms with Crippen molar-refractivity contribution >= 4 is 32.6 Å². The van der Waals surface area contributed by atoms with Crippen LogP contribution in [0.3, 0.4) is 0 Å². The Balaban J connectivity index is 2.88. The molecule has 0 radical (unpaired) electrons. The van der Waals surface area contributed by atoms with Crippen LogP contribution in [0.25, 0.3) is 10.9 Å². The molecule has 1 aromatic carbocycles. The maximum Gasteiger partial charge on any atom is 0.160 e. The van der Waals surface area contributed by atoms with Gasteiger partial charge in [0.1, 0.15) is 0 Å². The quantitative estimate of drug-likeness (QED) is 0.714. The van der Waals surface area contributed by atoms with Crippen LogP contribution in [0.1, 0.15) is 17.3 Å². The molecule has 0 spiro atoms. The first-order chi connectivity index (χ1) is 6.61. The number of carbonyl (C=O) groups is 1. The number of fused-ring (bicyclic) bond motifs is 1. The van der Waals surface area contributed by atoms with Crippen molar-refractivity contribution in [3.63, 3.8) is 0 Å². The van der Waals surface area contributed by atoms with Crippen LogP contribution in [0.2, 0.25) is 0 Å². The number of rotatable bonds is 1. The average molecular weight is 252 g/mol. The van der Waals surface area contributed by atoms with Crippen LogP contribution >= 0.6 is 15.9 Å². The number of ketones is 1. The first kappa shape index (κ1) is 9.46. The molecule has 2 nitrogen and oxygen atoms in total. The summed E-state index contributed by atoms with van der Waals surface area (Å²) >= 11 is 3.44. The molecule has 0 aliphatic carbocycles. The minimum absolute atomic E-state index is 0.105. The van der Waals surface area contributed by atoms with Crippen molar-refractivity contribution in [1.82, 2.24) is 4.57 Å². The third-order valence-electron chi connectivity index (χ3n) is 2.41. The number of hydrogen-bond acceptors (Lipinski definition) is 1. The van der Waals surface area contributed by atoms with Crippen molar-refractivity contribution in [1.29, 1.82) is 0 Å². The first-order valence-corrected chi connectivity index (χ1v) is 5.15. The number of hydrogen-bond donors (Lipinski definition) is 0. The maximum absolute atomic E-state index is 11.4. The summed E-state index contributed by atoms with van der Waals surface area (Å²) in [5, 5.41) is 1.01. The van der Waals surface area contributed by atoms with E-state index in [0.717, 1.165) is 21.1 Å². The fourth-order valence-electron chi connectivity index (χ4n) is 1.64. The molecule has 0 bridgehead atoms. The van der Waals surface area contributed by atoms with Crippen LogP contribution in [0.4, 0.5) is 0 Å². The summed E-state index contributed by atoms with van der Waals surface area (Å²) in [4.78, 5) is 11.4. The third kappa shape index (κ3) is 1.28. The van der Waals surface area contributed by atoms with Crippen LogP contribution in [0, 0.1) is 0 Å². The molecule has 14 heavy (non-hydrogen) atoms. The van der Waals surface area contributed by atoms with Crippen molar-refractivity contribution < 1.29 is 4.79 Å². The number of aromatic nitrogens is 1. The molecule has 72 valence electrons. The van der Waals surface area contributed by atoms with Gasteiger partial charge in [-0.2, -0.15) is 0 Å². The molecular formula is C11H10BrNO. The maximum atomic E-state index is 11.4. The zero-order valence-electron chi connectivity index (χ0n) is 8.04. The molecule has 0 aliphatic heterocycles. The van der Waals surface area contributed by atoms with Crippen molar-refractivity contribution in [3.8, 4) is 0 Å². The Morgan fingerprint density at radius 1 is 1.43 bits per heavy atom. The van der Waals surface area contributed by atoms with Gasteiger partial charge in [0.25, 0.3) is 0 Å². The summed E-state index contributed by atoms with van der Waals surface area (Å²) < 4.78 is 3.00. The molecular weight excluding hydrogens is 242 g/mol. The average Bonchev–Trinajstić information content (AvgIpc) is 2.43. The molecule has 0 N–H and O–H groups in total. The fraction of sp³-hybridized carbons (Fsp3) is 0.182. The molecule has 0 atom stereocenters. The van der Waals surface area contributed by atoms with Crippen LogP contribution in [0.15, 0.2) is 28.9 Å². The van der Waals surface area contributed by atoms with Gasteiger partial charge in [-0.1, -0.05) is 12.1 Å². The Labute approximate surface area is 90.7 Å². The van der Waals surface area contributed by atoms with Gasteiger partial charge in [-0.15, -0.1) is 0 Å². The number of halogens is 1. The Morgan fingerprint density at radius 3 is 2.79 bits per heavy atom. The Hall–Kier alpha value is -1.09. The highest BCUT2D eigenvalue weighted by atomic mass is 79.9. The molecule has 2 rings (SSSR count). The summed E-state index contributed by atoms with van der Waals surface area (Å²) in [6.45, 7) is 1.59. The Bertz CT molecular complexity index is 513. The predicted molar refractivity (Wildman–Crippen MR) is 60.6 cm³/mol. The highest BCUT2D eigenvalue weighted by Crippen LogP contribution is 2.25. The number of carbonyl (C=O) groups excluding carboxylic acids is 1. The van der Waals surface area contributed by atoms with Gasteiger partial charge >= 0.3 is 0 Å². The van der Waals surface area contributed by atoms with E-state index in [0.29, 0.717) is 0 Å². The van der Waals surface area contributed by atoms with Crippen LogP contribution in [-0.2, 0) is 7.05 Å². The molecule has 0 unspecified atom stereocenters. The zero-order chi connectivity index (χ0) is 10.3. The molecule has 0 saturated carbocycles. The molecule has 0 saturated heterocycles. The standard InChI is InChI=1S/C11H10BrNO/c1-7(14)8-4-3-5-10-9(8)6-11(12)13(10)2/h3-6H,1-2H3. The number of benzene rings is 1. The lowest BCUT2D eigenvalue weighted by Crippen LogP contribution is -1.93. The van der Waals surface area contributed by atoms with Crippen LogP contribution < -0.4 is 0 Å². The smallest absolute Gasteiger partial charge is 0.160 e. The highest BCUT2D eigenvalue weighted by molar-refractivity contribution is 9.10. The van der Waals surface area contributed by atoms with Crippen LogP contribution in [0.5, 0.6) is 0 Å². The number of Topliss-reactive ketones (excluding diaryl/α,β-unsaturated/α-hetero) is 1. The largest absolute Gasteiger partial charge is 0.338 e. The highest BCUT2D eigenvalue weighted by Gasteiger charge is 2.09. The summed E-state index contributed by atoms with van der Waals surface area (Å²) in [6, 6.07) is 7.75. The van der Waals surface area contributed by atoms with E-state index in [9.17, 15) is 4.79 Å². The second-order valence-electron chi connectivity index (χ2n) is 3.32. The summed E-state index contributed by atoms with van der Waals surface area (Å²) in [6.07, 6.45) is 0. The molecule has 0 amide bonds. The van der Waals surface area contributed by atoms with Gasteiger partial charge in [0.05, 0.1) is 4.60 Å². The van der Waals surface area contributed by atoms with E-state index in [1.54, 1.807) is 6.92 Å². The summed E-state index contributed by atoms with van der Waals surface area (Å²) in [5.74, 6) is 0.105. The molecule has 0 aliphatic rings. The van der Waals surface area contributed by atoms with E-state index < -0.39 is 0 Å². The van der Waals surface area contributed by atoms with Crippen molar-refractivity contribution in [2.45, 2.75) is 6.92 Å². The van der Waals surface area contributed by atoms with Gasteiger partial charge < -0.3 is 4.57 Å². The SMILES string of the molecule is CC(=O)c1cccc2c1cc(Br)n2C. The molecule has 0 fully saturated rings. The van der Waals surface area contributed by atoms with E-state index in [-0.39, 0.29) is 5.78 Å². The summed E-state index contributed by atoms with van der Waals surface area (Å²) in [7, 11) is 1.97. The van der Waals surface area contributed by atoms with E-state index in [1.807, 2.05) is 35.9 Å². The lowest BCUT2D eigenvalue weighted by molar-refractivity contribution is 0.101. The number of aryl methyl sites for hydroxylation is 1. The molecule has 3 heteroatoms. The normalized spacial score (nSPS) is 10.8. The lowest BCUT2D eigenvalue weighted by Gasteiger charge is -1.99. The third-order valence-corrected chi connectivity index (χ3v) is 3.17. The van der Waals surface area contributed by atoms with Crippen molar-refractivity contribution in [2.75, 3.05) is 0 Å². The molecule has 2 aromatic rings. The van der Waals surface area contributed by atoms with Crippen molar-refractivity contribution in [2.24, 2.45) is 7.05 Å². The van der Waals surface area contributed by atoms with Crippen LogP contribution in [-0.4, -0.2) is 10.4 Å². The van der Waals surface area contributed by atoms with Gasteiger partial charge in [0, 0.05) is 23.5 Å². The predicted octanol–water partition coefficient (Wildman–Crippen LogP) is 3.14. The van der Waals surface area contributed by atoms with Crippen molar-refractivity contribution in [3.05, 3.63) is 34.4 Å². The Kier molecular flexibility index (Phi) is 2.19. The van der Waals surface area contributed by atoms with Gasteiger partial charge in [0.15, 0.2) is 5.78 Å². The van der Waals surface area contributed by atoms with Gasteiger partial charge in [-0.3, -0.25) is 4.79 Å². The fourth-order valence-corrected chi connectivity index (χ4v) is 2.06. The second kappa shape index (κ2) is 3.24. The monoisotopic (exact) mass is 251 g/mol. The van der Waals surface area contributed by atoms with E-state index in [4.69, 9.17) is 0 Å². The minimum Gasteiger partial charge on any atom is -0.338 e.